The van der Waals surface area contributed by atoms with Crippen molar-refractivity contribution >= 4 is 27.4 Å². The van der Waals surface area contributed by atoms with Crippen LogP contribution in [0.1, 0.15) is 22.0 Å². The molecule has 2 N–H and O–H groups in total. The predicted octanol–water partition coefficient (Wildman–Crippen LogP) is 1.95. The lowest BCUT2D eigenvalue weighted by molar-refractivity contribution is 0.102. The van der Waals surface area contributed by atoms with E-state index in [-0.39, 0.29) is 22.3 Å². The highest BCUT2D eigenvalue weighted by molar-refractivity contribution is 7.92. The van der Waals surface area contributed by atoms with Crippen molar-refractivity contribution in [2.24, 2.45) is 0 Å². The van der Waals surface area contributed by atoms with Crippen LogP contribution in [0, 0.1) is 13.8 Å². The van der Waals surface area contributed by atoms with Gasteiger partial charge in [0.25, 0.3) is 15.9 Å². The minimum absolute atomic E-state index is 0.0214. The van der Waals surface area contributed by atoms with Gasteiger partial charge in [0.1, 0.15) is 23.7 Å². The molecule has 0 unspecified atom stereocenters. The third-order valence-corrected chi connectivity index (χ3v) is 5.08. The predicted molar refractivity (Wildman–Crippen MR) is 105 cm³/mol. The maximum Gasteiger partial charge on any atom is 0.274 e. The number of carbonyl (C=O) groups excluding carboxylic acids is 1. The Hall–Kier alpha value is -3.60. The number of nitrogens with one attached hydrogen (secondary N) is 2. The van der Waals surface area contributed by atoms with Crippen molar-refractivity contribution in [1.29, 1.82) is 0 Å². The van der Waals surface area contributed by atoms with E-state index >= 15 is 0 Å². The van der Waals surface area contributed by atoms with E-state index in [4.69, 9.17) is 4.74 Å². The summed E-state index contributed by atoms with van der Waals surface area (Å²) in [6.45, 7) is 3.42. The van der Waals surface area contributed by atoms with Crippen LogP contribution in [0.3, 0.4) is 0 Å². The zero-order valence-electron chi connectivity index (χ0n) is 15.9. The summed E-state index contributed by atoms with van der Waals surface area (Å²) in [6.07, 6.45) is 1.21. The molecule has 0 fully saturated rings. The first-order valence-electron chi connectivity index (χ1n) is 8.39. The topological polar surface area (TPSA) is 136 Å². The highest BCUT2D eigenvalue weighted by Gasteiger charge is 2.16. The molecule has 11 heteroatoms. The standard InChI is InChI=1S/C18H18N6O4S/c1-11-8-16(22-12(2)21-11)24-29(26,27)14-6-4-13(5-7-14)23-18(25)15-9-17(28-3)20-10-19-15/h4-10H,1-3H3,(H,23,25)(H,21,22,24). The maximum absolute atomic E-state index is 12.6. The number of sulfonamides is 1. The van der Waals surface area contributed by atoms with Crippen LogP contribution in [0.2, 0.25) is 0 Å². The molecule has 1 amide bonds. The van der Waals surface area contributed by atoms with Crippen LogP contribution in [0.15, 0.2) is 47.6 Å². The summed E-state index contributed by atoms with van der Waals surface area (Å²) in [4.78, 5) is 28.2. The highest BCUT2D eigenvalue weighted by atomic mass is 32.2. The van der Waals surface area contributed by atoms with E-state index in [2.05, 4.69) is 30.0 Å². The minimum atomic E-state index is -3.84. The molecule has 0 radical (unpaired) electrons. The Morgan fingerprint density at radius 1 is 1.03 bits per heavy atom. The summed E-state index contributed by atoms with van der Waals surface area (Å²) in [5.74, 6) is 0.423. The van der Waals surface area contributed by atoms with Gasteiger partial charge in [0.15, 0.2) is 0 Å². The molecule has 0 saturated heterocycles. The Balaban J connectivity index is 1.74. The van der Waals surface area contributed by atoms with Gasteiger partial charge in [-0.3, -0.25) is 9.52 Å². The number of benzene rings is 1. The molecule has 0 aliphatic carbocycles. The number of aryl methyl sites for hydroxylation is 2. The van der Waals surface area contributed by atoms with E-state index in [0.29, 0.717) is 17.2 Å². The average molecular weight is 414 g/mol. The van der Waals surface area contributed by atoms with Crippen molar-refractivity contribution in [3.05, 3.63) is 59.9 Å². The largest absolute Gasteiger partial charge is 0.481 e. The molecule has 0 aliphatic rings. The van der Waals surface area contributed by atoms with Crippen LogP contribution in [0.4, 0.5) is 11.5 Å². The molecule has 3 aromatic rings. The van der Waals surface area contributed by atoms with Gasteiger partial charge in [-0.1, -0.05) is 0 Å². The number of anilines is 2. The molecule has 2 aromatic heterocycles. The fourth-order valence-corrected chi connectivity index (χ4v) is 3.45. The summed E-state index contributed by atoms with van der Waals surface area (Å²) in [5.41, 5.74) is 1.17. The Bertz CT molecular complexity index is 1130. The number of carbonyl (C=O) groups is 1. The Morgan fingerprint density at radius 3 is 2.41 bits per heavy atom. The summed E-state index contributed by atoms with van der Waals surface area (Å²) < 4.78 is 32.5. The van der Waals surface area contributed by atoms with Crippen LogP contribution in [-0.2, 0) is 10.0 Å². The van der Waals surface area contributed by atoms with Gasteiger partial charge in [-0.2, -0.15) is 0 Å². The van der Waals surface area contributed by atoms with Crippen LogP contribution < -0.4 is 14.8 Å². The number of amides is 1. The third-order valence-electron chi connectivity index (χ3n) is 3.71. The van der Waals surface area contributed by atoms with Crippen molar-refractivity contribution in [2.45, 2.75) is 18.7 Å². The molecule has 0 saturated carbocycles. The van der Waals surface area contributed by atoms with Crippen molar-refractivity contribution in [1.82, 2.24) is 19.9 Å². The number of methoxy groups -OCH3 is 1. The monoisotopic (exact) mass is 414 g/mol. The summed E-state index contributed by atoms with van der Waals surface area (Å²) >= 11 is 0. The molecule has 0 bridgehead atoms. The van der Waals surface area contributed by atoms with Gasteiger partial charge in [0.05, 0.1) is 12.0 Å². The highest BCUT2D eigenvalue weighted by Crippen LogP contribution is 2.18. The van der Waals surface area contributed by atoms with Crippen LogP contribution in [0.5, 0.6) is 5.88 Å². The summed E-state index contributed by atoms with van der Waals surface area (Å²) in [7, 11) is -2.41. The van der Waals surface area contributed by atoms with E-state index in [0.717, 1.165) is 0 Å². The third kappa shape index (κ3) is 5.02. The molecular formula is C18H18N6O4S. The Morgan fingerprint density at radius 2 is 1.76 bits per heavy atom. The number of rotatable bonds is 6. The van der Waals surface area contributed by atoms with Crippen molar-refractivity contribution in [3.63, 3.8) is 0 Å². The molecule has 0 atom stereocenters. The number of hydrogen-bond acceptors (Lipinski definition) is 8. The van der Waals surface area contributed by atoms with Crippen molar-refractivity contribution in [2.75, 3.05) is 17.1 Å². The smallest absolute Gasteiger partial charge is 0.274 e. The van der Waals surface area contributed by atoms with Crippen molar-refractivity contribution in [3.8, 4) is 5.88 Å². The van der Waals surface area contributed by atoms with Gasteiger partial charge in [-0.25, -0.2) is 28.4 Å². The van der Waals surface area contributed by atoms with Gasteiger partial charge in [0, 0.05) is 23.5 Å². The fraction of sp³-hybridized carbons (Fsp3) is 0.167. The normalized spacial score (nSPS) is 11.0. The van der Waals surface area contributed by atoms with Crippen LogP contribution >= 0.6 is 0 Å². The first-order chi connectivity index (χ1) is 13.8. The van der Waals surface area contributed by atoms with Crippen LogP contribution in [-0.4, -0.2) is 41.4 Å². The average Bonchev–Trinajstić information content (AvgIpc) is 2.67. The lowest BCUT2D eigenvalue weighted by Gasteiger charge is -2.10. The quantitative estimate of drug-likeness (QED) is 0.624. The molecule has 29 heavy (non-hydrogen) atoms. The van der Waals surface area contributed by atoms with Gasteiger partial charge >= 0.3 is 0 Å². The van der Waals surface area contributed by atoms with Gasteiger partial charge < -0.3 is 10.1 Å². The van der Waals surface area contributed by atoms with Crippen molar-refractivity contribution < 1.29 is 17.9 Å². The molecule has 0 aliphatic heterocycles. The van der Waals surface area contributed by atoms with Crippen LogP contribution in [0.25, 0.3) is 0 Å². The molecule has 150 valence electrons. The van der Waals surface area contributed by atoms with E-state index in [1.165, 1.54) is 49.8 Å². The molecule has 10 nitrogen and oxygen atoms in total. The fourth-order valence-electron chi connectivity index (χ4n) is 2.45. The van der Waals surface area contributed by atoms with E-state index < -0.39 is 15.9 Å². The first kappa shape index (κ1) is 20.1. The van der Waals surface area contributed by atoms with E-state index in [1.807, 2.05) is 0 Å². The second-order valence-electron chi connectivity index (χ2n) is 5.97. The van der Waals surface area contributed by atoms with Gasteiger partial charge in [-0.15, -0.1) is 0 Å². The van der Waals surface area contributed by atoms with Gasteiger partial charge in [-0.05, 0) is 38.1 Å². The second-order valence-corrected chi connectivity index (χ2v) is 7.65. The SMILES string of the molecule is COc1cc(C(=O)Nc2ccc(S(=O)(=O)Nc3cc(C)nc(C)n3)cc2)ncn1. The number of aromatic nitrogens is 4. The van der Waals surface area contributed by atoms with E-state index in [9.17, 15) is 13.2 Å². The maximum atomic E-state index is 12.6. The van der Waals surface area contributed by atoms with Gasteiger partial charge in [0.2, 0.25) is 5.88 Å². The molecule has 2 heterocycles. The lowest BCUT2D eigenvalue weighted by Crippen LogP contribution is -2.16. The summed E-state index contributed by atoms with van der Waals surface area (Å²) in [5, 5.41) is 2.63. The number of hydrogen-bond donors (Lipinski definition) is 2. The first-order valence-corrected chi connectivity index (χ1v) is 9.88. The lowest BCUT2D eigenvalue weighted by atomic mass is 10.3. The zero-order valence-corrected chi connectivity index (χ0v) is 16.7. The Labute approximate surface area is 167 Å². The molecule has 1 aromatic carbocycles. The zero-order chi connectivity index (χ0) is 21.0. The van der Waals surface area contributed by atoms with E-state index in [1.54, 1.807) is 13.8 Å². The number of ether oxygens (including phenoxy) is 1. The molecule has 0 spiro atoms. The summed E-state index contributed by atoms with van der Waals surface area (Å²) in [6, 6.07) is 8.63. The molecule has 3 rings (SSSR count). The second kappa shape index (κ2) is 8.19. The minimum Gasteiger partial charge on any atom is -0.481 e. The Kier molecular flexibility index (Phi) is 5.69. The number of nitrogens with zero attached hydrogens (tertiary/aromatic N) is 4. The molecular weight excluding hydrogens is 396 g/mol.